The van der Waals surface area contributed by atoms with Crippen LogP contribution < -0.4 is 0 Å². The zero-order valence-corrected chi connectivity index (χ0v) is 13.8. The SMILES string of the molecule is CC(CN(C)C)O/N=C(\c1ccccc1)C1C2CC3C(C2)C31. The van der Waals surface area contributed by atoms with Crippen LogP contribution in [0.1, 0.15) is 25.3 Å². The first-order valence-corrected chi connectivity index (χ1v) is 8.59. The smallest absolute Gasteiger partial charge is 0.137 e. The summed E-state index contributed by atoms with van der Waals surface area (Å²) in [6.07, 6.45) is 2.98. The molecular weight excluding hydrogens is 272 g/mol. The van der Waals surface area contributed by atoms with Gasteiger partial charge in [0.15, 0.2) is 0 Å². The number of hydrogen-bond donors (Lipinski definition) is 0. The van der Waals surface area contributed by atoms with Gasteiger partial charge in [0.05, 0.1) is 5.71 Å². The van der Waals surface area contributed by atoms with Gasteiger partial charge in [-0.1, -0.05) is 35.5 Å². The van der Waals surface area contributed by atoms with Gasteiger partial charge < -0.3 is 9.74 Å². The molecule has 4 bridgehead atoms. The fourth-order valence-corrected chi connectivity index (χ4v) is 5.09. The van der Waals surface area contributed by atoms with Crippen LogP contribution in [0.5, 0.6) is 0 Å². The van der Waals surface area contributed by atoms with Crippen molar-refractivity contribution in [2.24, 2.45) is 34.7 Å². The first-order chi connectivity index (χ1) is 10.6. The zero-order chi connectivity index (χ0) is 15.3. The monoisotopic (exact) mass is 298 g/mol. The van der Waals surface area contributed by atoms with Crippen LogP contribution in [0.3, 0.4) is 0 Å². The molecule has 0 aromatic heterocycles. The molecule has 4 fully saturated rings. The van der Waals surface area contributed by atoms with Crippen molar-refractivity contribution in [3.63, 3.8) is 0 Å². The van der Waals surface area contributed by atoms with E-state index in [0.29, 0.717) is 5.92 Å². The topological polar surface area (TPSA) is 24.8 Å². The third-order valence-electron chi connectivity index (χ3n) is 5.81. The summed E-state index contributed by atoms with van der Waals surface area (Å²) >= 11 is 0. The molecule has 118 valence electrons. The maximum atomic E-state index is 5.86. The molecule has 0 N–H and O–H groups in total. The van der Waals surface area contributed by atoms with Crippen molar-refractivity contribution < 1.29 is 4.84 Å². The Morgan fingerprint density at radius 1 is 1.23 bits per heavy atom. The van der Waals surface area contributed by atoms with Crippen molar-refractivity contribution in [1.82, 2.24) is 4.90 Å². The van der Waals surface area contributed by atoms with Gasteiger partial charge in [-0.15, -0.1) is 0 Å². The standard InChI is InChI=1S/C19H26N2O/c1-12(11-21(2)3)22-20-19(13-7-5-4-6-8-13)17-14-9-15-16(10-14)18(15)17/h4-8,12,14-18H,9-11H2,1-3H3/b20-19+. The quantitative estimate of drug-likeness (QED) is 0.595. The van der Waals surface area contributed by atoms with Crippen molar-refractivity contribution in [3.8, 4) is 0 Å². The van der Waals surface area contributed by atoms with Crippen LogP contribution in [0.15, 0.2) is 35.5 Å². The average Bonchev–Trinajstić information content (AvgIpc) is 2.88. The maximum absolute atomic E-state index is 5.86. The highest BCUT2D eigenvalue weighted by atomic mass is 16.6. The molecular formula is C19H26N2O. The highest BCUT2D eigenvalue weighted by molar-refractivity contribution is 6.03. The van der Waals surface area contributed by atoms with Gasteiger partial charge in [0, 0.05) is 12.5 Å². The van der Waals surface area contributed by atoms with Crippen molar-refractivity contribution in [2.45, 2.75) is 25.9 Å². The normalized spacial score (nSPS) is 36.7. The summed E-state index contributed by atoms with van der Waals surface area (Å²) in [5.74, 6) is 4.40. The Morgan fingerprint density at radius 2 is 1.91 bits per heavy atom. The van der Waals surface area contributed by atoms with Crippen LogP contribution in [0.25, 0.3) is 0 Å². The Balaban J connectivity index is 1.56. The minimum absolute atomic E-state index is 0.125. The summed E-state index contributed by atoms with van der Waals surface area (Å²) in [5, 5.41) is 4.67. The second-order valence-electron chi connectivity index (χ2n) is 7.68. The largest absolute Gasteiger partial charge is 0.391 e. The highest BCUT2D eigenvalue weighted by Gasteiger charge is 2.69. The first kappa shape index (κ1) is 14.3. The Labute approximate surface area is 133 Å². The van der Waals surface area contributed by atoms with Crippen LogP contribution in [-0.2, 0) is 4.84 Å². The molecule has 1 aromatic rings. The van der Waals surface area contributed by atoms with Gasteiger partial charge >= 0.3 is 0 Å². The molecule has 4 aliphatic carbocycles. The molecule has 4 unspecified atom stereocenters. The van der Waals surface area contributed by atoms with Gasteiger partial charge in [-0.05, 0) is 63.1 Å². The minimum Gasteiger partial charge on any atom is -0.391 e. The van der Waals surface area contributed by atoms with E-state index in [9.17, 15) is 0 Å². The lowest BCUT2D eigenvalue weighted by atomic mass is 9.89. The van der Waals surface area contributed by atoms with E-state index in [1.165, 1.54) is 24.1 Å². The fraction of sp³-hybridized carbons (Fsp3) is 0.632. The van der Waals surface area contributed by atoms with Crippen molar-refractivity contribution in [3.05, 3.63) is 35.9 Å². The Kier molecular flexibility index (Phi) is 3.48. The fourth-order valence-electron chi connectivity index (χ4n) is 5.09. The molecule has 0 spiro atoms. The van der Waals surface area contributed by atoms with E-state index in [4.69, 9.17) is 4.84 Å². The molecule has 22 heavy (non-hydrogen) atoms. The minimum atomic E-state index is 0.125. The number of benzene rings is 1. The van der Waals surface area contributed by atoms with Crippen LogP contribution in [0.2, 0.25) is 0 Å². The first-order valence-electron chi connectivity index (χ1n) is 8.59. The number of oxime groups is 1. The van der Waals surface area contributed by atoms with Gasteiger partial charge in [-0.3, -0.25) is 0 Å². The van der Waals surface area contributed by atoms with Gasteiger partial charge in [-0.2, -0.15) is 0 Å². The number of likely N-dealkylation sites (N-methyl/N-ethyl adjacent to an activating group) is 1. The predicted molar refractivity (Wildman–Crippen MR) is 88.8 cm³/mol. The zero-order valence-electron chi connectivity index (χ0n) is 13.8. The summed E-state index contributed by atoms with van der Waals surface area (Å²) in [7, 11) is 4.14. The number of hydrogen-bond acceptors (Lipinski definition) is 3. The summed E-state index contributed by atoms with van der Waals surface area (Å²) in [5.41, 5.74) is 2.46. The second-order valence-corrected chi connectivity index (χ2v) is 7.68. The molecule has 4 aliphatic rings. The average molecular weight is 298 g/mol. The Morgan fingerprint density at radius 3 is 2.45 bits per heavy atom. The van der Waals surface area contributed by atoms with E-state index in [2.05, 4.69) is 61.4 Å². The van der Waals surface area contributed by atoms with Crippen molar-refractivity contribution >= 4 is 5.71 Å². The van der Waals surface area contributed by atoms with E-state index in [1.807, 2.05) is 0 Å². The molecule has 0 amide bonds. The lowest BCUT2D eigenvalue weighted by molar-refractivity contribution is 0.0523. The summed E-state index contributed by atoms with van der Waals surface area (Å²) < 4.78 is 0. The Bertz CT molecular complexity index is 554. The maximum Gasteiger partial charge on any atom is 0.137 e. The molecule has 0 radical (unpaired) electrons. The third kappa shape index (κ3) is 2.36. The highest BCUT2D eigenvalue weighted by Crippen LogP contribution is 2.73. The molecule has 0 saturated heterocycles. The molecule has 3 nitrogen and oxygen atoms in total. The molecule has 4 saturated carbocycles. The van der Waals surface area contributed by atoms with Crippen molar-refractivity contribution in [1.29, 1.82) is 0 Å². The van der Waals surface area contributed by atoms with Crippen molar-refractivity contribution in [2.75, 3.05) is 20.6 Å². The van der Waals surface area contributed by atoms with E-state index in [1.54, 1.807) is 0 Å². The molecule has 4 atom stereocenters. The molecule has 0 heterocycles. The molecule has 1 aromatic carbocycles. The number of rotatable bonds is 6. The number of nitrogens with zero attached hydrogens (tertiary/aromatic N) is 2. The summed E-state index contributed by atoms with van der Waals surface area (Å²) in [6, 6.07) is 10.7. The van der Waals surface area contributed by atoms with E-state index < -0.39 is 0 Å². The van der Waals surface area contributed by atoms with E-state index in [-0.39, 0.29) is 6.10 Å². The summed E-state index contributed by atoms with van der Waals surface area (Å²) in [6.45, 7) is 3.00. The van der Waals surface area contributed by atoms with Gasteiger partial charge in [0.25, 0.3) is 0 Å². The van der Waals surface area contributed by atoms with Gasteiger partial charge in [0.2, 0.25) is 0 Å². The lowest BCUT2D eigenvalue weighted by Crippen LogP contribution is -2.26. The van der Waals surface area contributed by atoms with E-state index >= 15 is 0 Å². The molecule has 5 rings (SSSR count). The Hall–Kier alpha value is -1.35. The van der Waals surface area contributed by atoms with Crippen LogP contribution in [-0.4, -0.2) is 37.4 Å². The molecule has 3 heteroatoms. The van der Waals surface area contributed by atoms with E-state index in [0.717, 1.165) is 30.2 Å². The van der Waals surface area contributed by atoms with Crippen LogP contribution >= 0.6 is 0 Å². The second kappa shape index (κ2) is 5.38. The predicted octanol–water partition coefficient (Wildman–Crippen LogP) is 3.26. The summed E-state index contributed by atoms with van der Waals surface area (Å²) in [4.78, 5) is 8.01. The lowest BCUT2D eigenvalue weighted by Gasteiger charge is -2.20. The van der Waals surface area contributed by atoms with Crippen LogP contribution in [0, 0.1) is 29.6 Å². The molecule has 0 aliphatic heterocycles. The van der Waals surface area contributed by atoms with Crippen LogP contribution in [0.4, 0.5) is 0 Å². The van der Waals surface area contributed by atoms with Gasteiger partial charge in [0.1, 0.15) is 6.10 Å². The third-order valence-corrected chi connectivity index (χ3v) is 5.81. The van der Waals surface area contributed by atoms with Gasteiger partial charge in [-0.25, -0.2) is 0 Å².